The van der Waals surface area contributed by atoms with Crippen LogP contribution in [-0.4, -0.2) is 61.0 Å². The van der Waals surface area contributed by atoms with Crippen LogP contribution in [0.5, 0.6) is 11.5 Å². The van der Waals surface area contributed by atoms with E-state index in [-0.39, 0.29) is 17.3 Å². The summed E-state index contributed by atoms with van der Waals surface area (Å²) in [6, 6.07) is 12.3. The van der Waals surface area contributed by atoms with Crippen molar-refractivity contribution in [3.63, 3.8) is 0 Å². The molecule has 10 nitrogen and oxygen atoms in total. The number of carboxylic acid groups (broad SMARTS) is 1. The average molecular weight is 614 g/mol. The van der Waals surface area contributed by atoms with Gasteiger partial charge in [0.2, 0.25) is 0 Å². The van der Waals surface area contributed by atoms with Crippen molar-refractivity contribution in [1.29, 1.82) is 0 Å². The van der Waals surface area contributed by atoms with Crippen molar-refractivity contribution < 1.29 is 55.3 Å². The van der Waals surface area contributed by atoms with Crippen LogP contribution in [0.15, 0.2) is 60.8 Å². The van der Waals surface area contributed by atoms with E-state index >= 15 is 0 Å². The number of hydrogen-bond donors (Lipinski definition) is 3. The molecule has 0 aliphatic carbocycles. The van der Waals surface area contributed by atoms with Gasteiger partial charge in [-0.05, 0) is 54.4 Å². The summed E-state index contributed by atoms with van der Waals surface area (Å²) in [6.07, 6.45) is -7.57. The lowest BCUT2D eigenvalue weighted by molar-refractivity contribution is -0.192. The predicted molar refractivity (Wildman–Crippen MR) is 140 cm³/mol. The number of hydrogen-bond acceptors (Lipinski definition) is 6. The molecule has 3 aromatic rings. The summed E-state index contributed by atoms with van der Waals surface area (Å²) in [7, 11) is 1.54. The Labute approximate surface area is 240 Å². The van der Waals surface area contributed by atoms with Gasteiger partial charge in [0.25, 0.3) is 5.91 Å². The van der Waals surface area contributed by atoms with E-state index in [1.807, 2.05) is 0 Å². The number of rotatable bonds is 7. The maximum absolute atomic E-state index is 13.0. The van der Waals surface area contributed by atoms with Gasteiger partial charge in [-0.15, -0.1) is 0 Å². The summed E-state index contributed by atoms with van der Waals surface area (Å²) in [5.41, 5.74) is 0.902. The van der Waals surface area contributed by atoms with Crippen LogP contribution in [0, 0.1) is 0 Å². The van der Waals surface area contributed by atoms with Gasteiger partial charge in [0.15, 0.2) is 0 Å². The predicted octanol–water partition coefficient (Wildman–Crippen LogP) is 5.50. The van der Waals surface area contributed by atoms with Gasteiger partial charge in [-0.1, -0.05) is 6.07 Å². The second kappa shape index (κ2) is 13.9. The Morgan fingerprint density at radius 1 is 1.00 bits per heavy atom. The smallest absolute Gasteiger partial charge is 0.475 e. The highest BCUT2D eigenvalue weighted by Gasteiger charge is 2.38. The summed E-state index contributed by atoms with van der Waals surface area (Å²) < 4.78 is 81.4. The van der Waals surface area contributed by atoms with Crippen molar-refractivity contribution in [3.05, 3.63) is 77.6 Å². The van der Waals surface area contributed by atoms with Gasteiger partial charge in [0, 0.05) is 43.8 Å². The molecule has 4 rings (SSSR count). The lowest BCUT2D eigenvalue weighted by atomic mass is 10.1. The fourth-order valence-corrected chi connectivity index (χ4v) is 3.71. The highest BCUT2D eigenvalue weighted by Crippen LogP contribution is 2.34. The van der Waals surface area contributed by atoms with Gasteiger partial charge >= 0.3 is 24.4 Å². The van der Waals surface area contributed by atoms with E-state index in [4.69, 9.17) is 19.4 Å². The van der Waals surface area contributed by atoms with E-state index in [2.05, 4.69) is 15.6 Å². The number of methoxy groups -OCH3 is 1. The van der Waals surface area contributed by atoms with Crippen LogP contribution in [0.1, 0.15) is 21.6 Å². The maximum Gasteiger partial charge on any atom is 0.490 e. The van der Waals surface area contributed by atoms with Gasteiger partial charge in [-0.25, -0.2) is 9.59 Å². The van der Waals surface area contributed by atoms with Gasteiger partial charge in [-0.3, -0.25) is 14.7 Å². The number of nitrogens with zero attached hydrogens (tertiary/aromatic N) is 2. The van der Waals surface area contributed by atoms with Gasteiger partial charge in [0.05, 0.1) is 12.2 Å². The number of aliphatic carboxylic acids is 1. The topological polar surface area (TPSA) is 130 Å². The number of anilines is 2. The fraction of sp³-hybridized carbons (Fsp3) is 0.259. The first-order valence-corrected chi connectivity index (χ1v) is 12.3. The van der Waals surface area contributed by atoms with Crippen molar-refractivity contribution in [1.82, 2.24) is 10.3 Å². The second-order valence-corrected chi connectivity index (χ2v) is 8.73. The number of fused-ring (bicyclic) bond motifs is 1. The Bertz CT molecular complexity index is 1460. The van der Waals surface area contributed by atoms with Crippen LogP contribution in [0.3, 0.4) is 0 Å². The van der Waals surface area contributed by atoms with Crippen LogP contribution in [0.2, 0.25) is 0 Å². The molecule has 0 spiro atoms. The standard InChI is InChI=1S/C25H23F3N4O4.C2HF3O2/c1-35-12-10-30-23(33)21-15-20(7-9-29-21)36-19-5-6-22-16(13-19)8-11-32(22)24(34)31-18-4-2-3-17(14-18)25(26,27)28;3-2(4,5)1(6)7/h2-7,9,13-15H,8,10-12H2,1H3,(H,30,33)(H,31,34);(H,6,7). The van der Waals surface area contributed by atoms with Gasteiger partial charge in [0.1, 0.15) is 17.2 Å². The lowest BCUT2D eigenvalue weighted by Gasteiger charge is -2.19. The first kappa shape index (κ1) is 32.7. The zero-order valence-corrected chi connectivity index (χ0v) is 22.3. The van der Waals surface area contributed by atoms with E-state index in [0.29, 0.717) is 43.3 Å². The highest BCUT2D eigenvalue weighted by atomic mass is 19.4. The molecule has 2 aromatic carbocycles. The Balaban J connectivity index is 0.000000646. The van der Waals surface area contributed by atoms with E-state index in [9.17, 15) is 35.9 Å². The summed E-state index contributed by atoms with van der Waals surface area (Å²) in [6.45, 7) is 1.10. The number of ether oxygens (including phenoxy) is 2. The summed E-state index contributed by atoms with van der Waals surface area (Å²) in [5.74, 6) is -2.19. The molecule has 0 fully saturated rings. The molecule has 16 heteroatoms. The number of alkyl halides is 6. The van der Waals surface area contributed by atoms with Crippen molar-refractivity contribution in [2.75, 3.05) is 37.0 Å². The summed E-state index contributed by atoms with van der Waals surface area (Å²) in [4.78, 5) is 39.4. The van der Waals surface area contributed by atoms with E-state index < -0.39 is 29.9 Å². The lowest BCUT2D eigenvalue weighted by Crippen LogP contribution is -2.33. The Morgan fingerprint density at radius 2 is 1.70 bits per heavy atom. The minimum Gasteiger partial charge on any atom is -0.475 e. The third-order valence-electron chi connectivity index (χ3n) is 5.67. The Hall–Kier alpha value is -4.86. The zero-order valence-electron chi connectivity index (χ0n) is 22.3. The molecule has 0 bridgehead atoms. The van der Waals surface area contributed by atoms with Crippen LogP contribution < -0.4 is 20.3 Å². The van der Waals surface area contributed by atoms with Gasteiger partial charge < -0.3 is 25.2 Å². The molecule has 0 saturated carbocycles. The van der Waals surface area contributed by atoms with Crippen molar-refractivity contribution in [3.8, 4) is 11.5 Å². The summed E-state index contributed by atoms with van der Waals surface area (Å²) in [5, 5.41) is 12.3. The summed E-state index contributed by atoms with van der Waals surface area (Å²) >= 11 is 0. The molecule has 43 heavy (non-hydrogen) atoms. The van der Waals surface area contributed by atoms with Crippen molar-refractivity contribution in [2.24, 2.45) is 0 Å². The molecular formula is C27H24F6N4O6. The number of nitrogens with one attached hydrogen (secondary N) is 2. The molecule has 0 unspecified atom stereocenters. The maximum atomic E-state index is 13.0. The number of benzene rings is 2. The van der Waals surface area contributed by atoms with Gasteiger partial charge in [-0.2, -0.15) is 26.3 Å². The van der Waals surface area contributed by atoms with Crippen LogP contribution >= 0.6 is 0 Å². The molecule has 3 N–H and O–H groups in total. The highest BCUT2D eigenvalue weighted by molar-refractivity contribution is 6.03. The number of urea groups is 1. The van der Waals surface area contributed by atoms with Crippen LogP contribution in [0.4, 0.5) is 42.5 Å². The number of halogens is 6. The van der Waals surface area contributed by atoms with E-state index in [1.54, 1.807) is 24.3 Å². The van der Waals surface area contributed by atoms with Crippen LogP contribution in [0.25, 0.3) is 0 Å². The van der Waals surface area contributed by atoms with E-state index in [1.165, 1.54) is 36.4 Å². The largest absolute Gasteiger partial charge is 0.490 e. The number of carbonyl (C=O) groups excluding carboxylic acids is 2. The number of carbonyl (C=O) groups is 3. The first-order valence-electron chi connectivity index (χ1n) is 12.3. The third kappa shape index (κ3) is 9.32. The molecule has 1 aliphatic heterocycles. The molecule has 1 aliphatic rings. The Morgan fingerprint density at radius 3 is 2.35 bits per heavy atom. The number of carboxylic acids is 1. The monoisotopic (exact) mass is 614 g/mol. The molecule has 0 saturated heterocycles. The normalized spacial score (nSPS) is 12.5. The van der Waals surface area contributed by atoms with Crippen LogP contribution in [-0.2, 0) is 22.1 Å². The minimum absolute atomic E-state index is 0.0583. The number of aromatic nitrogens is 1. The molecule has 2 heterocycles. The molecule has 1 aromatic heterocycles. The average Bonchev–Trinajstić information content (AvgIpc) is 3.36. The molecule has 3 amide bonds. The Kier molecular flexibility index (Phi) is 10.5. The second-order valence-electron chi connectivity index (χ2n) is 8.73. The zero-order chi connectivity index (χ0) is 31.8. The molecule has 0 radical (unpaired) electrons. The quantitative estimate of drug-likeness (QED) is 0.237. The van der Waals surface area contributed by atoms with Crippen molar-refractivity contribution in [2.45, 2.75) is 18.8 Å². The molecule has 230 valence electrons. The first-order chi connectivity index (χ1) is 20.2. The molecule has 0 atom stereocenters. The number of pyridine rings is 1. The third-order valence-corrected chi connectivity index (χ3v) is 5.67. The van der Waals surface area contributed by atoms with Crippen molar-refractivity contribution >= 4 is 29.3 Å². The molecular weight excluding hydrogens is 590 g/mol. The SMILES string of the molecule is COCCNC(=O)c1cc(Oc2ccc3c(c2)CCN3C(=O)Nc2cccc(C(F)(F)F)c2)ccn1.O=C(O)C(F)(F)F. The minimum atomic E-state index is -5.08. The van der Waals surface area contributed by atoms with E-state index in [0.717, 1.165) is 17.7 Å². The number of amides is 3. The fourth-order valence-electron chi connectivity index (χ4n) is 3.71.